The molecule has 0 amide bonds. The second-order valence-corrected chi connectivity index (χ2v) is 4.52. The van der Waals surface area contributed by atoms with E-state index in [0.717, 1.165) is 19.5 Å². The van der Waals surface area contributed by atoms with E-state index in [-0.39, 0.29) is 6.61 Å². The van der Waals surface area contributed by atoms with Crippen LogP contribution in [0.1, 0.15) is 32.9 Å². The summed E-state index contributed by atoms with van der Waals surface area (Å²) in [5.74, 6) is 0.301. The van der Waals surface area contributed by atoms with Crippen LogP contribution in [0.5, 0.6) is 0 Å². The van der Waals surface area contributed by atoms with Gasteiger partial charge >= 0.3 is 0 Å². The summed E-state index contributed by atoms with van der Waals surface area (Å²) in [6.07, 6.45) is 3.28. The summed E-state index contributed by atoms with van der Waals surface area (Å²) in [7, 11) is 0. The van der Waals surface area contributed by atoms with Crippen molar-refractivity contribution in [2.24, 2.45) is 5.92 Å². The van der Waals surface area contributed by atoms with Crippen molar-refractivity contribution in [2.45, 2.75) is 46.3 Å². The van der Waals surface area contributed by atoms with E-state index < -0.39 is 0 Å². The Kier molecular flexibility index (Phi) is 5.56. The lowest BCUT2D eigenvalue weighted by atomic mass is 10.1. The number of nitrogens with one attached hydrogen (secondary N) is 1. The van der Waals surface area contributed by atoms with Gasteiger partial charge in [-0.05, 0) is 31.4 Å². The van der Waals surface area contributed by atoms with Crippen LogP contribution >= 0.6 is 0 Å². The van der Waals surface area contributed by atoms with Gasteiger partial charge in [0.25, 0.3) is 0 Å². The standard InChI is InChI=1S/C13H24N2O/c1-4-7-15-8-5-6-13(15)9-14-12(3)11(2)10-16/h5-6,8,11-12,14,16H,4,7,9-10H2,1-3H3. The van der Waals surface area contributed by atoms with Crippen LogP contribution < -0.4 is 5.32 Å². The number of aliphatic hydroxyl groups is 1. The van der Waals surface area contributed by atoms with Crippen LogP contribution in [0.2, 0.25) is 0 Å². The molecule has 0 aliphatic carbocycles. The molecule has 1 aromatic rings. The van der Waals surface area contributed by atoms with E-state index >= 15 is 0 Å². The Morgan fingerprint density at radius 1 is 1.44 bits per heavy atom. The van der Waals surface area contributed by atoms with Crippen molar-refractivity contribution in [2.75, 3.05) is 6.61 Å². The Morgan fingerprint density at radius 3 is 2.81 bits per heavy atom. The number of hydrogen-bond acceptors (Lipinski definition) is 2. The van der Waals surface area contributed by atoms with Gasteiger partial charge in [-0.25, -0.2) is 0 Å². The van der Waals surface area contributed by atoms with Gasteiger partial charge in [0, 0.05) is 37.6 Å². The first kappa shape index (κ1) is 13.3. The summed E-state index contributed by atoms with van der Waals surface area (Å²) in [6.45, 7) is 8.56. The zero-order chi connectivity index (χ0) is 12.0. The van der Waals surface area contributed by atoms with E-state index in [9.17, 15) is 0 Å². The van der Waals surface area contributed by atoms with Crippen LogP contribution in [0.3, 0.4) is 0 Å². The van der Waals surface area contributed by atoms with Crippen LogP contribution in [0.15, 0.2) is 18.3 Å². The first-order valence-electron chi connectivity index (χ1n) is 6.17. The van der Waals surface area contributed by atoms with Crippen LogP contribution in [0, 0.1) is 5.92 Å². The average Bonchev–Trinajstić information content (AvgIpc) is 2.73. The zero-order valence-electron chi connectivity index (χ0n) is 10.6. The van der Waals surface area contributed by atoms with E-state index in [4.69, 9.17) is 5.11 Å². The fourth-order valence-corrected chi connectivity index (χ4v) is 1.69. The molecule has 3 nitrogen and oxygen atoms in total. The first-order valence-corrected chi connectivity index (χ1v) is 6.17. The van der Waals surface area contributed by atoms with Crippen molar-refractivity contribution in [1.82, 2.24) is 9.88 Å². The maximum Gasteiger partial charge on any atom is 0.0471 e. The summed E-state index contributed by atoms with van der Waals surface area (Å²) < 4.78 is 2.28. The summed E-state index contributed by atoms with van der Waals surface area (Å²) in [4.78, 5) is 0. The third-order valence-corrected chi connectivity index (χ3v) is 3.13. The molecular formula is C13H24N2O. The molecule has 0 fully saturated rings. The number of aromatic nitrogens is 1. The maximum absolute atomic E-state index is 9.06. The van der Waals surface area contributed by atoms with Gasteiger partial charge in [0.1, 0.15) is 0 Å². The van der Waals surface area contributed by atoms with Crippen LogP contribution in [-0.4, -0.2) is 22.3 Å². The predicted octanol–water partition coefficient (Wildman–Crippen LogP) is 2.00. The normalized spacial score (nSPS) is 15.0. The third kappa shape index (κ3) is 3.65. The molecule has 3 heteroatoms. The lowest BCUT2D eigenvalue weighted by molar-refractivity contribution is 0.206. The van der Waals surface area contributed by atoms with Gasteiger partial charge in [-0.15, -0.1) is 0 Å². The van der Waals surface area contributed by atoms with Crippen LogP contribution in [-0.2, 0) is 13.1 Å². The number of aliphatic hydroxyl groups excluding tert-OH is 1. The van der Waals surface area contributed by atoms with Crippen molar-refractivity contribution < 1.29 is 5.11 Å². The van der Waals surface area contributed by atoms with Gasteiger partial charge in [0.05, 0.1) is 0 Å². The zero-order valence-corrected chi connectivity index (χ0v) is 10.6. The minimum absolute atomic E-state index is 0.240. The van der Waals surface area contributed by atoms with Crippen molar-refractivity contribution in [1.29, 1.82) is 0 Å². The van der Waals surface area contributed by atoms with Crippen molar-refractivity contribution in [3.63, 3.8) is 0 Å². The Balaban J connectivity index is 2.44. The molecule has 1 aromatic heterocycles. The molecule has 0 aliphatic heterocycles. The SMILES string of the molecule is CCCn1cccc1CNC(C)C(C)CO. The summed E-state index contributed by atoms with van der Waals surface area (Å²) in [5.41, 5.74) is 1.32. The molecule has 0 bridgehead atoms. The number of rotatable bonds is 7. The average molecular weight is 224 g/mol. The van der Waals surface area contributed by atoms with Gasteiger partial charge in [0.15, 0.2) is 0 Å². The third-order valence-electron chi connectivity index (χ3n) is 3.13. The fraction of sp³-hybridized carbons (Fsp3) is 0.692. The van der Waals surface area contributed by atoms with E-state index in [1.807, 2.05) is 0 Å². The highest BCUT2D eigenvalue weighted by molar-refractivity contribution is 5.07. The molecule has 1 heterocycles. The summed E-state index contributed by atoms with van der Waals surface area (Å²) in [6, 6.07) is 4.58. The van der Waals surface area contributed by atoms with Gasteiger partial charge in [0.2, 0.25) is 0 Å². The molecule has 1 rings (SSSR count). The molecule has 2 unspecified atom stereocenters. The molecular weight excluding hydrogens is 200 g/mol. The lowest BCUT2D eigenvalue weighted by Crippen LogP contribution is -2.33. The highest BCUT2D eigenvalue weighted by atomic mass is 16.3. The molecule has 0 aliphatic rings. The van der Waals surface area contributed by atoms with Crippen molar-refractivity contribution in [3.8, 4) is 0 Å². The largest absolute Gasteiger partial charge is 0.396 e. The van der Waals surface area contributed by atoms with Crippen molar-refractivity contribution >= 4 is 0 Å². The van der Waals surface area contributed by atoms with Gasteiger partial charge in [-0.1, -0.05) is 13.8 Å². The highest BCUT2D eigenvalue weighted by Gasteiger charge is 2.10. The monoisotopic (exact) mass is 224 g/mol. The van der Waals surface area contributed by atoms with E-state index in [1.54, 1.807) is 0 Å². The number of nitrogens with zero attached hydrogens (tertiary/aromatic N) is 1. The molecule has 0 saturated heterocycles. The molecule has 16 heavy (non-hydrogen) atoms. The number of hydrogen-bond donors (Lipinski definition) is 2. The number of aryl methyl sites for hydroxylation is 1. The van der Waals surface area contributed by atoms with Gasteiger partial charge in [-0.3, -0.25) is 0 Å². The quantitative estimate of drug-likeness (QED) is 0.743. The lowest BCUT2D eigenvalue weighted by Gasteiger charge is -2.19. The second-order valence-electron chi connectivity index (χ2n) is 4.52. The summed E-state index contributed by atoms with van der Waals surface area (Å²) >= 11 is 0. The molecule has 0 radical (unpaired) electrons. The van der Waals surface area contributed by atoms with E-state index in [2.05, 4.69) is 49.0 Å². The van der Waals surface area contributed by atoms with E-state index in [0.29, 0.717) is 12.0 Å². The predicted molar refractivity (Wildman–Crippen MR) is 67.3 cm³/mol. The highest BCUT2D eigenvalue weighted by Crippen LogP contribution is 2.06. The van der Waals surface area contributed by atoms with E-state index in [1.165, 1.54) is 5.69 Å². The molecule has 0 aromatic carbocycles. The second kappa shape index (κ2) is 6.71. The van der Waals surface area contributed by atoms with Gasteiger partial charge in [-0.2, -0.15) is 0 Å². The molecule has 2 N–H and O–H groups in total. The molecule has 92 valence electrons. The Labute approximate surface area is 98.5 Å². The molecule has 0 spiro atoms. The Morgan fingerprint density at radius 2 is 2.19 bits per heavy atom. The minimum Gasteiger partial charge on any atom is -0.396 e. The molecule has 0 saturated carbocycles. The van der Waals surface area contributed by atoms with Crippen LogP contribution in [0.4, 0.5) is 0 Å². The van der Waals surface area contributed by atoms with Crippen LogP contribution in [0.25, 0.3) is 0 Å². The smallest absolute Gasteiger partial charge is 0.0471 e. The summed E-state index contributed by atoms with van der Waals surface area (Å²) in [5, 5.41) is 12.5. The minimum atomic E-state index is 0.240. The maximum atomic E-state index is 9.06. The Bertz CT molecular complexity index is 296. The van der Waals surface area contributed by atoms with Crippen molar-refractivity contribution in [3.05, 3.63) is 24.0 Å². The Hall–Kier alpha value is -0.800. The first-order chi connectivity index (χ1) is 7.69. The van der Waals surface area contributed by atoms with Gasteiger partial charge < -0.3 is 15.0 Å². The fourth-order valence-electron chi connectivity index (χ4n) is 1.69. The topological polar surface area (TPSA) is 37.2 Å². The molecule has 2 atom stereocenters.